The van der Waals surface area contributed by atoms with Crippen LogP contribution in [0.4, 0.5) is 0 Å². The number of rotatable bonds is 9. The monoisotopic (exact) mass is 335 g/mol. The smallest absolute Gasteiger partial charge is 0.251 e. The van der Waals surface area contributed by atoms with Gasteiger partial charge in [0.25, 0.3) is 5.91 Å². The van der Waals surface area contributed by atoms with Gasteiger partial charge in [0.05, 0.1) is 0 Å². The molecule has 2 heteroatoms. The van der Waals surface area contributed by atoms with Gasteiger partial charge in [0.15, 0.2) is 0 Å². The van der Waals surface area contributed by atoms with Gasteiger partial charge in [-0.25, -0.2) is 0 Å². The average molecular weight is 335 g/mol. The maximum Gasteiger partial charge on any atom is 0.251 e. The molecule has 1 amide bonds. The van der Waals surface area contributed by atoms with E-state index < -0.39 is 0 Å². The molecule has 2 nitrogen and oxygen atoms in total. The summed E-state index contributed by atoms with van der Waals surface area (Å²) in [5, 5.41) is 3.15. The summed E-state index contributed by atoms with van der Waals surface area (Å²) in [5.74, 6) is 0.558. The molecule has 0 aliphatic carbocycles. The number of amides is 1. The fraction of sp³-hybridized carbons (Fsp3) is 0.348. The summed E-state index contributed by atoms with van der Waals surface area (Å²) >= 11 is 0. The second kappa shape index (κ2) is 10.5. The lowest BCUT2D eigenvalue weighted by Crippen LogP contribution is -2.29. The van der Waals surface area contributed by atoms with Crippen LogP contribution >= 0.6 is 0 Å². The minimum Gasteiger partial charge on any atom is -0.352 e. The molecule has 0 aliphatic rings. The van der Waals surface area contributed by atoms with Gasteiger partial charge in [-0.2, -0.15) is 0 Å². The van der Waals surface area contributed by atoms with Gasteiger partial charge < -0.3 is 5.32 Å². The number of carbonyl (C=O) groups excluding carboxylic acids is 1. The van der Waals surface area contributed by atoms with Crippen molar-refractivity contribution in [3.8, 4) is 0 Å². The van der Waals surface area contributed by atoms with Crippen molar-refractivity contribution in [2.45, 2.75) is 39.5 Å². The number of hydrogen-bond donors (Lipinski definition) is 1. The van der Waals surface area contributed by atoms with Crippen molar-refractivity contribution < 1.29 is 4.79 Å². The quantitative estimate of drug-likeness (QED) is 0.472. The zero-order chi connectivity index (χ0) is 17.9. The zero-order valence-corrected chi connectivity index (χ0v) is 15.4. The second-order valence-electron chi connectivity index (χ2n) is 6.46. The predicted molar refractivity (Wildman–Crippen MR) is 107 cm³/mol. The Bertz CT molecular complexity index is 661. The van der Waals surface area contributed by atoms with E-state index in [0.717, 1.165) is 29.7 Å². The lowest BCUT2D eigenvalue weighted by molar-refractivity contribution is -0.115. The molecule has 2 rings (SSSR count). The Morgan fingerprint density at radius 2 is 1.64 bits per heavy atom. The molecule has 1 N–H and O–H groups in total. The Morgan fingerprint density at radius 1 is 1.00 bits per heavy atom. The molecule has 0 saturated heterocycles. The summed E-state index contributed by atoms with van der Waals surface area (Å²) < 4.78 is 0. The first-order valence-electron chi connectivity index (χ1n) is 9.35. The first-order chi connectivity index (χ1) is 12.2. The number of nitrogens with one attached hydrogen (secondary N) is 1. The molecule has 25 heavy (non-hydrogen) atoms. The largest absolute Gasteiger partial charge is 0.352 e. The molecule has 0 heterocycles. The van der Waals surface area contributed by atoms with Gasteiger partial charge in [-0.05, 0) is 29.5 Å². The molecule has 0 aromatic heterocycles. The van der Waals surface area contributed by atoms with Crippen LogP contribution < -0.4 is 5.32 Å². The molecule has 1 atom stereocenters. The van der Waals surface area contributed by atoms with Crippen LogP contribution in [0.5, 0.6) is 0 Å². The third kappa shape index (κ3) is 6.22. The molecule has 132 valence electrons. The molecule has 2 aromatic rings. The SMILES string of the molecule is CCCC[C@H](CC)CNC(=O)/C(=C/c1ccccc1)c1ccccc1. The third-order valence-electron chi connectivity index (χ3n) is 4.53. The van der Waals surface area contributed by atoms with Gasteiger partial charge in [-0.15, -0.1) is 0 Å². The lowest BCUT2D eigenvalue weighted by Gasteiger charge is -2.16. The summed E-state index contributed by atoms with van der Waals surface area (Å²) in [4.78, 5) is 12.9. The van der Waals surface area contributed by atoms with Crippen molar-refractivity contribution in [3.63, 3.8) is 0 Å². The number of carbonyl (C=O) groups is 1. The Balaban J connectivity index is 2.15. The maximum absolute atomic E-state index is 12.9. The Hall–Kier alpha value is -2.35. The van der Waals surface area contributed by atoms with Crippen LogP contribution in [0.3, 0.4) is 0 Å². The minimum absolute atomic E-state index is 0.00463. The predicted octanol–water partition coefficient (Wildman–Crippen LogP) is 5.56. The third-order valence-corrected chi connectivity index (χ3v) is 4.53. The van der Waals surface area contributed by atoms with Crippen molar-refractivity contribution >= 4 is 17.6 Å². The summed E-state index contributed by atoms with van der Waals surface area (Å²) in [6.07, 6.45) is 6.67. The molecule has 0 saturated carbocycles. The van der Waals surface area contributed by atoms with E-state index in [1.165, 1.54) is 19.3 Å². The molecule has 0 unspecified atom stereocenters. The van der Waals surface area contributed by atoms with Crippen LogP contribution in [0.1, 0.15) is 50.7 Å². The van der Waals surface area contributed by atoms with Crippen LogP contribution in [0.15, 0.2) is 60.7 Å². The highest BCUT2D eigenvalue weighted by molar-refractivity contribution is 6.24. The van der Waals surface area contributed by atoms with Gasteiger partial charge in [-0.1, -0.05) is 93.8 Å². The summed E-state index contributed by atoms with van der Waals surface area (Å²) in [6.45, 7) is 5.15. The van der Waals surface area contributed by atoms with Gasteiger partial charge in [0.2, 0.25) is 0 Å². The van der Waals surface area contributed by atoms with Gasteiger partial charge in [0, 0.05) is 12.1 Å². The topological polar surface area (TPSA) is 29.1 Å². The van der Waals surface area contributed by atoms with E-state index in [-0.39, 0.29) is 5.91 Å². The Labute approximate surface area is 152 Å². The van der Waals surface area contributed by atoms with Crippen LogP contribution in [0, 0.1) is 5.92 Å². The Kier molecular flexibility index (Phi) is 7.97. The molecule has 0 bridgehead atoms. The first kappa shape index (κ1) is 19.0. The van der Waals surface area contributed by atoms with Crippen LogP contribution in [0.2, 0.25) is 0 Å². The zero-order valence-electron chi connectivity index (χ0n) is 15.4. The van der Waals surface area contributed by atoms with Crippen molar-refractivity contribution in [1.29, 1.82) is 0 Å². The number of unbranched alkanes of at least 4 members (excludes halogenated alkanes) is 1. The molecular weight excluding hydrogens is 306 g/mol. The first-order valence-corrected chi connectivity index (χ1v) is 9.35. The fourth-order valence-electron chi connectivity index (χ4n) is 2.89. The van der Waals surface area contributed by atoms with E-state index in [4.69, 9.17) is 0 Å². The maximum atomic E-state index is 12.9. The standard InChI is InChI=1S/C23H29NO/c1-3-5-12-19(4-2)18-24-23(25)22(21-15-10-7-11-16-21)17-20-13-8-6-9-14-20/h6-11,13-17,19H,3-5,12,18H2,1-2H3,(H,24,25)/b22-17+/t19-/m0/s1. The minimum atomic E-state index is 0.00463. The normalized spacial score (nSPS) is 12.6. The summed E-state index contributed by atoms with van der Waals surface area (Å²) in [6, 6.07) is 19.9. The van der Waals surface area contributed by atoms with Crippen molar-refractivity contribution in [2.24, 2.45) is 5.92 Å². The molecule has 0 aliphatic heterocycles. The van der Waals surface area contributed by atoms with Crippen molar-refractivity contribution in [3.05, 3.63) is 71.8 Å². The number of hydrogen-bond acceptors (Lipinski definition) is 1. The van der Waals surface area contributed by atoms with Gasteiger partial charge in [-0.3, -0.25) is 4.79 Å². The highest BCUT2D eigenvalue weighted by Crippen LogP contribution is 2.19. The summed E-state index contributed by atoms with van der Waals surface area (Å²) in [5.41, 5.74) is 2.71. The van der Waals surface area contributed by atoms with Crippen molar-refractivity contribution in [1.82, 2.24) is 5.32 Å². The van der Waals surface area contributed by atoms with E-state index in [1.54, 1.807) is 0 Å². The van der Waals surface area contributed by atoms with Crippen LogP contribution in [0.25, 0.3) is 11.6 Å². The van der Waals surface area contributed by atoms with Crippen molar-refractivity contribution in [2.75, 3.05) is 6.54 Å². The van der Waals surface area contributed by atoms with Crippen LogP contribution in [-0.4, -0.2) is 12.5 Å². The Morgan fingerprint density at radius 3 is 2.24 bits per heavy atom. The van der Waals surface area contributed by atoms with E-state index in [2.05, 4.69) is 19.2 Å². The molecule has 0 fully saturated rings. The van der Waals surface area contributed by atoms with E-state index in [9.17, 15) is 4.79 Å². The van der Waals surface area contributed by atoms with E-state index in [1.807, 2.05) is 66.7 Å². The molecule has 0 radical (unpaired) electrons. The highest BCUT2D eigenvalue weighted by Gasteiger charge is 2.14. The van der Waals surface area contributed by atoms with E-state index in [0.29, 0.717) is 5.92 Å². The van der Waals surface area contributed by atoms with Gasteiger partial charge >= 0.3 is 0 Å². The van der Waals surface area contributed by atoms with Crippen LogP contribution in [-0.2, 0) is 4.79 Å². The average Bonchev–Trinajstić information content (AvgIpc) is 2.67. The molecule has 0 spiro atoms. The highest BCUT2D eigenvalue weighted by atomic mass is 16.1. The molecular formula is C23H29NO. The van der Waals surface area contributed by atoms with E-state index >= 15 is 0 Å². The molecule has 2 aromatic carbocycles. The number of benzene rings is 2. The second-order valence-corrected chi connectivity index (χ2v) is 6.46. The fourth-order valence-corrected chi connectivity index (χ4v) is 2.89. The van der Waals surface area contributed by atoms with Gasteiger partial charge in [0.1, 0.15) is 0 Å². The summed E-state index contributed by atoms with van der Waals surface area (Å²) in [7, 11) is 0. The lowest BCUT2D eigenvalue weighted by atomic mass is 9.98.